The summed E-state index contributed by atoms with van der Waals surface area (Å²) in [5.74, 6) is 0. The van der Waals surface area contributed by atoms with Gasteiger partial charge in [-0.05, 0) is 51.3 Å². The van der Waals surface area contributed by atoms with Gasteiger partial charge in [-0.15, -0.1) is 0 Å². The van der Waals surface area contributed by atoms with E-state index in [9.17, 15) is 4.79 Å². The first-order chi connectivity index (χ1) is 12.9. The first kappa shape index (κ1) is 18.3. The summed E-state index contributed by atoms with van der Waals surface area (Å²) in [6, 6.07) is 11.0. The summed E-state index contributed by atoms with van der Waals surface area (Å²) >= 11 is 15.5. The highest BCUT2D eigenvalue weighted by Crippen LogP contribution is 2.30. The van der Waals surface area contributed by atoms with E-state index in [4.69, 9.17) is 23.2 Å². The molecule has 4 aromatic rings. The fourth-order valence-corrected chi connectivity index (χ4v) is 3.76. The van der Waals surface area contributed by atoms with Crippen molar-refractivity contribution in [1.82, 2.24) is 14.1 Å². The molecule has 0 bridgehead atoms. The van der Waals surface area contributed by atoms with Crippen LogP contribution in [0.3, 0.4) is 0 Å². The Morgan fingerprint density at radius 3 is 2.67 bits per heavy atom. The molecule has 0 radical (unpaired) electrons. The number of rotatable bonds is 3. The molecule has 1 aromatic carbocycles. The predicted molar refractivity (Wildman–Crippen MR) is 114 cm³/mol. The molecule has 0 aliphatic heterocycles. The van der Waals surface area contributed by atoms with E-state index < -0.39 is 0 Å². The molecule has 136 valence electrons. The maximum Gasteiger partial charge on any atom is 0.251 e. The number of fused-ring (bicyclic) bond motifs is 1. The molecule has 0 saturated carbocycles. The molecule has 0 spiro atoms. The molecule has 0 amide bonds. The van der Waals surface area contributed by atoms with Gasteiger partial charge in [-0.3, -0.25) is 4.79 Å². The zero-order valence-corrected chi connectivity index (χ0v) is 17.4. The number of aryl methyl sites for hydroxylation is 1. The molecule has 3 heterocycles. The first-order valence-electron chi connectivity index (χ1n) is 8.18. The summed E-state index contributed by atoms with van der Waals surface area (Å²) in [4.78, 5) is 17.1. The largest absolute Gasteiger partial charge is 0.335 e. The molecule has 3 aromatic heterocycles. The topological polar surface area (TPSA) is 39.8 Å². The third-order valence-electron chi connectivity index (χ3n) is 4.42. The SMILES string of the molecule is Cn1cc(-c2ccn(Cc3ccc(Cl)c(Cl)c3)c(=O)c2)c2cc(Br)cnc21. The van der Waals surface area contributed by atoms with Crippen LogP contribution in [0.15, 0.2) is 64.3 Å². The molecule has 0 fully saturated rings. The normalized spacial score (nSPS) is 11.3. The van der Waals surface area contributed by atoms with E-state index in [1.165, 1.54) is 0 Å². The highest BCUT2D eigenvalue weighted by atomic mass is 79.9. The van der Waals surface area contributed by atoms with E-state index in [2.05, 4.69) is 20.9 Å². The van der Waals surface area contributed by atoms with Gasteiger partial charge >= 0.3 is 0 Å². The average molecular weight is 463 g/mol. The predicted octanol–water partition coefficient (Wildman–Crippen LogP) is 5.52. The van der Waals surface area contributed by atoms with Gasteiger partial charge in [0.2, 0.25) is 0 Å². The van der Waals surface area contributed by atoms with Crippen LogP contribution >= 0.6 is 39.1 Å². The molecular formula is C20H14BrCl2N3O. The second-order valence-corrected chi connectivity index (χ2v) is 8.04. The quantitative estimate of drug-likeness (QED) is 0.402. The summed E-state index contributed by atoms with van der Waals surface area (Å²) in [6.07, 6.45) is 5.55. The Balaban J connectivity index is 1.73. The number of nitrogens with zero attached hydrogens (tertiary/aromatic N) is 3. The van der Waals surface area contributed by atoms with Gasteiger partial charge < -0.3 is 9.13 Å². The van der Waals surface area contributed by atoms with Gasteiger partial charge in [0, 0.05) is 47.1 Å². The Morgan fingerprint density at radius 2 is 1.93 bits per heavy atom. The summed E-state index contributed by atoms with van der Waals surface area (Å²) in [7, 11) is 1.94. The first-order valence-corrected chi connectivity index (χ1v) is 9.72. The van der Waals surface area contributed by atoms with E-state index in [0.717, 1.165) is 32.2 Å². The average Bonchev–Trinajstić information content (AvgIpc) is 2.96. The number of pyridine rings is 2. The lowest BCUT2D eigenvalue weighted by atomic mass is 10.1. The number of hydrogen-bond acceptors (Lipinski definition) is 2. The van der Waals surface area contributed by atoms with Gasteiger partial charge in [0.15, 0.2) is 0 Å². The second-order valence-electron chi connectivity index (χ2n) is 6.31. The van der Waals surface area contributed by atoms with Crippen molar-refractivity contribution in [3.63, 3.8) is 0 Å². The van der Waals surface area contributed by atoms with Gasteiger partial charge in [-0.25, -0.2) is 4.98 Å². The van der Waals surface area contributed by atoms with Gasteiger partial charge in [0.25, 0.3) is 5.56 Å². The minimum atomic E-state index is -0.0847. The lowest BCUT2D eigenvalue weighted by molar-refractivity contribution is 0.760. The van der Waals surface area contributed by atoms with Crippen LogP contribution in [-0.2, 0) is 13.6 Å². The molecule has 0 unspecified atom stereocenters. The highest BCUT2D eigenvalue weighted by Gasteiger charge is 2.12. The Labute approximate surface area is 174 Å². The third-order valence-corrected chi connectivity index (χ3v) is 5.60. The van der Waals surface area contributed by atoms with Gasteiger partial charge in [0.1, 0.15) is 5.65 Å². The smallest absolute Gasteiger partial charge is 0.251 e. The van der Waals surface area contributed by atoms with Gasteiger partial charge in [-0.2, -0.15) is 0 Å². The van der Waals surface area contributed by atoms with E-state index in [0.29, 0.717) is 16.6 Å². The van der Waals surface area contributed by atoms with Crippen molar-refractivity contribution in [1.29, 1.82) is 0 Å². The van der Waals surface area contributed by atoms with Crippen LogP contribution in [0.2, 0.25) is 10.0 Å². The lowest BCUT2D eigenvalue weighted by Gasteiger charge is -2.08. The van der Waals surface area contributed by atoms with Crippen molar-refractivity contribution < 1.29 is 0 Å². The molecule has 0 aliphatic rings. The Kier molecular flexibility index (Phi) is 4.84. The Morgan fingerprint density at radius 1 is 1.11 bits per heavy atom. The number of hydrogen-bond donors (Lipinski definition) is 0. The molecule has 0 N–H and O–H groups in total. The van der Waals surface area contributed by atoms with Gasteiger partial charge in [0.05, 0.1) is 16.6 Å². The van der Waals surface area contributed by atoms with Crippen molar-refractivity contribution in [3.8, 4) is 11.1 Å². The fourth-order valence-electron chi connectivity index (χ4n) is 3.11. The van der Waals surface area contributed by atoms with Crippen molar-refractivity contribution >= 4 is 50.2 Å². The van der Waals surface area contributed by atoms with Crippen molar-refractivity contribution in [2.24, 2.45) is 7.05 Å². The minimum absolute atomic E-state index is 0.0847. The zero-order valence-electron chi connectivity index (χ0n) is 14.3. The van der Waals surface area contributed by atoms with Crippen LogP contribution < -0.4 is 5.56 Å². The van der Waals surface area contributed by atoms with E-state index >= 15 is 0 Å². The maximum atomic E-state index is 12.7. The minimum Gasteiger partial charge on any atom is -0.335 e. The molecule has 4 rings (SSSR count). The molecule has 4 nitrogen and oxygen atoms in total. The monoisotopic (exact) mass is 461 g/mol. The molecule has 0 atom stereocenters. The van der Waals surface area contributed by atoms with Crippen molar-refractivity contribution in [2.45, 2.75) is 6.54 Å². The van der Waals surface area contributed by atoms with Crippen LogP contribution in [0.5, 0.6) is 0 Å². The second kappa shape index (κ2) is 7.15. The molecule has 7 heteroatoms. The Bertz CT molecular complexity index is 1230. The fraction of sp³-hybridized carbons (Fsp3) is 0.100. The Hall–Kier alpha value is -2.08. The van der Waals surface area contributed by atoms with E-state index in [1.54, 1.807) is 35.2 Å². The molecule has 27 heavy (non-hydrogen) atoms. The van der Waals surface area contributed by atoms with Crippen LogP contribution in [0.1, 0.15) is 5.56 Å². The van der Waals surface area contributed by atoms with Gasteiger partial charge in [-0.1, -0.05) is 29.3 Å². The van der Waals surface area contributed by atoms with Crippen LogP contribution in [0.4, 0.5) is 0 Å². The van der Waals surface area contributed by atoms with Crippen LogP contribution in [0.25, 0.3) is 22.2 Å². The van der Waals surface area contributed by atoms with E-state index in [-0.39, 0.29) is 5.56 Å². The molecular weight excluding hydrogens is 449 g/mol. The standard InChI is InChI=1S/C20H14BrCl2N3O/c1-25-11-16(15-8-14(21)9-24-20(15)25)13-4-5-26(19(27)7-13)10-12-2-3-17(22)18(23)6-12/h2-9,11H,10H2,1H3. The molecule has 0 saturated heterocycles. The number of aromatic nitrogens is 3. The summed E-state index contributed by atoms with van der Waals surface area (Å²) in [6.45, 7) is 0.429. The third kappa shape index (κ3) is 3.55. The lowest BCUT2D eigenvalue weighted by Crippen LogP contribution is -2.19. The maximum absolute atomic E-state index is 12.7. The highest BCUT2D eigenvalue weighted by molar-refractivity contribution is 9.10. The molecule has 0 aliphatic carbocycles. The summed E-state index contributed by atoms with van der Waals surface area (Å²) < 4.78 is 4.50. The summed E-state index contributed by atoms with van der Waals surface area (Å²) in [5, 5.41) is 1.97. The van der Waals surface area contributed by atoms with Crippen molar-refractivity contribution in [2.75, 3.05) is 0 Å². The van der Waals surface area contributed by atoms with Crippen molar-refractivity contribution in [3.05, 3.63) is 85.4 Å². The number of halogens is 3. The van der Waals surface area contributed by atoms with Crippen LogP contribution in [0, 0.1) is 0 Å². The number of benzene rings is 1. The zero-order chi connectivity index (χ0) is 19.1. The summed E-state index contributed by atoms with van der Waals surface area (Å²) in [5.41, 5.74) is 3.53. The van der Waals surface area contributed by atoms with Crippen LogP contribution in [-0.4, -0.2) is 14.1 Å². The van der Waals surface area contributed by atoms with E-state index in [1.807, 2.05) is 36.0 Å².